The SMILES string of the molecule is COC(=O)/C(C#N)=C/c1cc(C)no1. The Morgan fingerprint density at radius 2 is 2.50 bits per heavy atom. The van der Waals surface area contributed by atoms with E-state index < -0.39 is 5.97 Å². The van der Waals surface area contributed by atoms with E-state index in [-0.39, 0.29) is 5.57 Å². The zero-order valence-electron chi connectivity index (χ0n) is 7.77. The lowest BCUT2D eigenvalue weighted by Gasteiger charge is -1.93. The molecule has 72 valence electrons. The smallest absolute Gasteiger partial charge is 0.348 e. The molecule has 5 heteroatoms. The fourth-order valence-corrected chi connectivity index (χ4v) is 0.840. The van der Waals surface area contributed by atoms with E-state index in [2.05, 4.69) is 9.89 Å². The third kappa shape index (κ3) is 2.20. The lowest BCUT2D eigenvalue weighted by atomic mass is 10.2. The Bertz CT molecular complexity index is 412. The number of carbonyl (C=O) groups is 1. The van der Waals surface area contributed by atoms with Crippen molar-refractivity contribution in [2.24, 2.45) is 0 Å². The summed E-state index contributed by atoms with van der Waals surface area (Å²) >= 11 is 0. The summed E-state index contributed by atoms with van der Waals surface area (Å²) in [6.45, 7) is 1.74. The van der Waals surface area contributed by atoms with Crippen LogP contribution >= 0.6 is 0 Å². The lowest BCUT2D eigenvalue weighted by molar-refractivity contribution is -0.135. The molecule has 0 bridgehead atoms. The van der Waals surface area contributed by atoms with Gasteiger partial charge in [0, 0.05) is 12.1 Å². The maximum atomic E-state index is 11.0. The van der Waals surface area contributed by atoms with Crippen LogP contribution in [0.25, 0.3) is 6.08 Å². The van der Waals surface area contributed by atoms with Gasteiger partial charge in [0.1, 0.15) is 11.6 Å². The van der Waals surface area contributed by atoms with Crippen LogP contribution in [0.3, 0.4) is 0 Å². The van der Waals surface area contributed by atoms with Crippen LogP contribution in [0.4, 0.5) is 0 Å². The van der Waals surface area contributed by atoms with Gasteiger partial charge in [0.15, 0.2) is 5.76 Å². The van der Waals surface area contributed by atoms with Gasteiger partial charge < -0.3 is 9.26 Å². The Kier molecular flexibility index (Phi) is 3.02. The summed E-state index contributed by atoms with van der Waals surface area (Å²) in [5, 5.41) is 12.2. The zero-order chi connectivity index (χ0) is 10.6. The first-order chi connectivity index (χ1) is 6.67. The van der Waals surface area contributed by atoms with E-state index in [1.807, 2.05) is 0 Å². The molecule has 0 fully saturated rings. The molecule has 0 saturated heterocycles. The van der Waals surface area contributed by atoms with E-state index in [0.717, 1.165) is 0 Å². The quantitative estimate of drug-likeness (QED) is 0.398. The highest BCUT2D eigenvalue weighted by molar-refractivity contribution is 5.97. The maximum absolute atomic E-state index is 11.0. The summed E-state index contributed by atoms with van der Waals surface area (Å²) in [4.78, 5) is 11.0. The first kappa shape index (κ1) is 9.99. The predicted octanol–water partition coefficient (Wildman–Crippen LogP) is 1.06. The van der Waals surface area contributed by atoms with Gasteiger partial charge in [-0.3, -0.25) is 0 Å². The van der Waals surface area contributed by atoms with Crippen LogP contribution in [-0.4, -0.2) is 18.2 Å². The van der Waals surface area contributed by atoms with Gasteiger partial charge in [0.2, 0.25) is 0 Å². The summed E-state index contributed by atoms with van der Waals surface area (Å²) in [6, 6.07) is 3.32. The number of hydrogen-bond acceptors (Lipinski definition) is 5. The highest BCUT2D eigenvalue weighted by atomic mass is 16.5. The Morgan fingerprint density at radius 1 is 1.79 bits per heavy atom. The highest BCUT2D eigenvalue weighted by Crippen LogP contribution is 2.08. The number of rotatable bonds is 2. The van der Waals surface area contributed by atoms with Crippen molar-refractivity contribution in [2.45, 2.75) is 6.92 Å². The minimum absolute atomic E-state index is 0.122. The first-order valence-corrected chi connectivity index (χ1v) is 3.81. The van der Waals surface area contributed by atoms with E-state index in [1.54, 1.807) is 19.1 Å². The van der Waals surface area contributed by atoms with Crippen LogP contribution in [0.1, 0.15) is 11.5 Å². The second-order valence-electron chi connectivity index (χ2n) is 2.53. The van der Waals surface area contributed by atoms with Gasteiger partial charge in [-0.25, -0.2) is 4.79 Å². The van der Waals surface area contributed by atoms with Crippen molar-refractivity contribution in [1.29, 1.82) is 5.26 Å². The fraction of sp³-hybridized carbons (Fsp3) is 0.222. The van der Waals surface area contributed by atoms with Gasteiger partial charge >= 0.3 is 5.97 Å². The molecule has 1 rings (SSSR count). The standard InChI is InChI=1S/C9H8N2O3/c1-6-3-8(14-11-6)4-7(5-10)9(12)13-2/h3-4H,1-2H3/b7-4+. The monoisotopic (exact) mass is 192 g/mol. The van der Waals surface area contributed by atoms with Crippen molar-refractivity contribution < 1.29 is 14.1 Å². The van der Waals surface area contributed by atoms with Crippen LogP contribution in [0.15, 0.2) is 16.2 Å². The molecule has 14 heavy (non-hydrogen) atoms. The molecular formula is C9H8N2O3. The molecule has 0 radical (unpaired) electrons. The third-order valence-corrected chi connectivity index (χ3v) is 1.46. The van der Waals surface area contributed by atoms with E-state index in [1.165, 1.54) is 13.2 Å². The number of carbonyl (C=O) groups excluding carboxylic acids is 1. The summed E-state index contributed by atoms with van der Waals surface area (Å²) in [5.74, 6) is -0.342. The third-order valence-electron chi connectivity index (χ3n) is 1.46. The number of aromatic nitrogens is 1. The molecular weight excluding hydrogens is 184 g/mol. The molecule has 0 aliphatic carbocycles. The molecule has 0 N–H and O–H groups in total. The molecule has 0 unspecified atom stereocenters. The molecule has 5 nitrogen and oxygen atoms in total. The van der Waals surface area contributed by atoms with Gasteiger partial charge in [0.25, 0.3) is 0 Å². The lowest BCUT2D eigenvalue weighted by Crippen LogP contribution is -2.02. The summed E-state index contributed by atoms with van der Waals surface area (Å²) in [6.07, 6.45) is 1.28. The Hall–Kier alpha value is -2.09. The summed E-state index contributed by atoms with van der Waals surface area (Å²) in [7, 11) is 1.21. The second-order valence-corrected chi connectivity index (χ2v) is 2.53. The highest BCUT2D eigenvalue weighted by Gasteiger charge is 2.09. The van der Waals surface area contributed by atoms with Crippen molar-refractivity contribution in [3.8, 4) is 6.07 Å². The van der Waals surface area contributed by atoms with Crippen molar-refractivity contribution in [3.63, 3.8) is 0 Å². The molecule has 1 aromatic rings. The predicted molar refractivity (Wildman–Crippen MR) is 46.8 cm³/mol. The molecule has 1 heterocycles. The summed E-state index contributed by atoms with van der Waals surface area (Å²) < 4.78 is 9.20. The van der Waals surface area contributed by atoms with Crippen molar-refractivity contribution in [2.75, 3.05) is 7.11 Å². The molecule has 0 aliphatic heterocycles. The largest absolute Gasteiger partial charge is 0.465 e. The number of methoxy groups -OCH3 is 1. The Labute approximate surface area is 80.6 Å². The topological polar surface area (TPSA) is 76.1 Å². The molecule has 0 atom stereocenters. The maximum Gasteiger partial charge on any atom is 0.348 e. The van der Waals surface area contributed by atoms with Gasteiger partial charge in [-0.1, -0.05) is 5.16 Å². The zero-order valence-corrected chi connectivity index (χ0v) is 7.77. The number of nitrogens with zero attached hydrogens (tertiary/aromatic N) is 2. The Balaban J connectivity index is 2.96. The molecule has 0 amide bonds. The van der Waals surface area contributed by atoms with Crippen molar-refractivity contribution >= 4 is 12.0 Å². The molecule has 0 aromatic carbocycles. The average Bonchev–Trinajstić information content (AvgIpc) is 2.59. The average molecular weight is 192 g/mol. The van der Waals surface area contributed by atoms with Crippen LogP contribution in [0.5, 0.6) is 0 Å². The van der Waals surface area contributed by atoms with Gasteiger partial charge in [0.05, 0.1) is 12.8 Å². The number of esters is 1. The van der Waals surface area contributed by atoms with E-state index in [4.69, 9.17) is 9.78 Å². The first-order valence-electron chi connectivity index (χ1n) is 3.81. The van der Waals surface area contributed by atoms with Crippen LogP contribution < -0.4 is 0 Å². The van der Waals surface area contributed by atoms with Crippen LogP contribution in [0.2, 0.25) is 0 Å². The second kappa shape index (κ2) is 4.23. The van der Waals surface area contributed by atoms with Crippen molar-refractivity contribution in [3.05, 3.63) is 23.1 Å². The van der Waals surface area contributed by atoms with Gasteiger partial charge in [-0.15, -0.1) is 0 Å². The van der Waals surface area contributed by atoms with E-state index in [9.17, 15) is 4.79 Å². The molecule has 0 spiro atoms. The van der Waals surface area contributed by atoms with Crippen LogP contribution in [0, 0.1) is 18.3 Å². The minimum atomic E-state index is -0.693. The number of nitriles is 1. The minimum Gasteiger partial charge on any atom is -0.465 e. The van der Waals surface area contributed by atoms with E-state index >= 15 is 0 Å². The number of aryl methyl sites for hydroxylation is 1. The molecule has 1 aromatic heterocycles. The van der Waals surface area contributed by atoms with Gasteiger partial charge in [-0.2, -0.15) is 5.26 Å². The number of hydrogen-bond donors (Lipinski definition) is 0. The Morgan fingerprint density at radius 3 is 2.93 bits per heavy atom. The van der Waals surface area contributed by atoms with Crippen LogP contribution in [-0.2, 0) is 9.53 Å². The van der Waals surface area contributed by atoms with Crippen molar-refractivity contribution in [1.82, 2.24) is 5.16 Å². The fourth-order valence-electron chi connectivity index (χ4n) is 0.840. The van der Waals surface area contributed by atoms with Gasteiger partial charge in [-0.05, 0) is 6.92 Å². The van der Waals surface area contributed by atoms with E-state index in [0.29, 0.717) is 11.5 Å². The molecule has 0 aliphatic rings. The molecule has 0 saturated carbocycles. The number of ether oxygens (including phenoxy) is 1. The normalized spacial score (nSPS) is 10.8. The summed E-state index contributed by atoms with van der Waals surface area (Å²) in [5.41, 5.74) is 0.557.